The second kappa shape index (κ2) is 4.73. The lowest BCUT2D eigenvalue weighted by atomic mass is 10.0. The smallest absolute Gasteiger partial charge is 0.166 e. The van der Waals surface area contributed by atoms with Crippen molar-refractivity contribution in [3.05, 3.63) is 41.7 Å². The Bertz CT molecular complexity index is 399. The topological polar surface area (TPSA) is 43.1 Å². The Morgan fingerprint density at radius 1 is 1.53 bits per heavy atom. The maximum atomic E-state index is 13.1. The molecule has 0 atom stereocenters. The van der Waals surface area contributed by atoms with Crippen LogP contribution in [0.2, 0.25) is 0 Å². The molecule has 0 radical (unpaired) electrons. The van der Waals surface area contributed by atoms with Gasteiger partial charge in [0, 0.05) is 12.0 Å². The fraction of sp³-hybridized carbons (Fsp3) is 0.250. The van der Waals surface area contributed by atoms with Gasteiger partial charge >= 0.3 is 0 Å². The van der Waals surface area contributed by atoms with Gasteiger partial charge in [-0.15, -0.1) is 0 Å². The number of hydrogen-bond donors (Lipinski definition) is 1. The maximum Gasteiger partial charge on any atom is 0.166 e. The van der Waals surface area contributed by atoms with Gasteiger partial charge in [0.05, 0.1) is 5.69 Å². The van der Waals surface area contributed by atoms with E-state index in [1.54, 1.807) is 0 Å². The summed E-state index contributed by atoms with van der Waals surface area (Å²) in [5, 5.41) is 0. The van der Waals surface area contributed by atoms with Crippen molar-refractivity contribution in [1.82, 2.24) is 0 Å². The van der Waals surface area contributed by atoms with Crippen LogP contribution in [0.3, 0.4) is 0 Å². The summed E-state index contributed by atoms with van der Waals surface area (Å²) in [6.45, 7) is 5.67. The molecular formula is C12H14FNO. The molecule has 0 saturated heterocycles. The number of benzene rings is 1. The van der Waals surface area contributed by atoms with Gasteiger partial charge in [-0.05, 0) is 24.6 Å². The van der Waals surface area contributed by atoms with E-state index >= 15 is 0 Å². The van der Waals surface area contributed by atoms with E-state index < -0.39 is 5.82 Å². The van der Waals surface area contributed by atoms with Gasteiger partial charge in [0.2, 0.25) is 0 Å². The summed E-state index contributed by atoms with van der Waals surface area (Å²) >= 11 is 0. The predicted octanol–water partition coefficient (Wildman–Crippen LogP) is 2.95. The van der Waals surface area contributed by atoms with Crippen LogP contribution < -0.4 is 5.73 Å². The molecule has 2 N–H and O–H groups in total. The molecule has 80 valence electrons. The highest BCUT2D eigenvalue weighted by atomic mass is 19.1. The molecule has 0 spiro atoms. The largest absolute Gasteiger partial charge is 0.396 e. The van der Waals surface area contributed by atoms with Crippen LogP contribution >= 0.6 is 0 Å². The van der Waals surface area contributed by atoms with Crippen LogP contribution in [0.15, 0.2) is 30.4 Å². The third kappa shape index (κ3) is 2.91. The van der Waals surface area contributed by atoms with E-state index in [0.717, 1.165) is 12.0 Å². The summed E-state index contributed by atoms with van der Waals surface area (Å²) in [6.07, 6.45) is 1.02. The zero-order valence-corrected chi connectivity index (χ0v) is 8.72. The summed E-state index contributed by atoms with van der Waals surface area (Å²) in [5.74, 6) is -0.677. The molecule has 0 heterocycles. The molecule has 1 aromatic rings. The summed E-state index contributed by atoms with van der Waals surface area (Å²) in [4.78, 5) is 11.6. The van der Waals surface area contributed by atoms with Crippen LogP contribution in [0.1, 0.15) is 30.1 Å². The van der Waals surface area contributed by atoms with Crippen molar-refractivity contribution in [2.45, 2.75) is 19.8 Å². The summed E-state index contributed by atoms with van der Waals surface area (Å²) in [7, 11) is 0. The normalized spacial score (nSPS) is 10.0. The van der Waals surface area contributed by atoms with Crippen LogP contribution in [-0.4, -0.2) is 5.78 Å². The van der Waals surface area contributed by atoms with Crippen LogP contribution in [-0.2, 0) is 0 Å². The van der Waals surface area contributed by atoms with Crippen molar-refractivity contribution in [2.24, 2.45) is 0 Å². The van der Waals surface area contributed by atoms with Crippen LogP contribution in [0.4, 0.5) is 10.1 Å². The first-order chi connectivity index (χ1) is 7.04. The first-order valence-corrected chi connectivity index (χ1v) is 4.79. The molecule has 0 unspecified atom stereocenters. The minimum Gasteiger partial charge on any atom is -0.396 e. The van der Waals surface area contributed by atoms with Gasteiger partial charge in [0.25, 0.3) is 0 Å². The number of hydrogen-bond acceptors (Lipinski definition) is 2. The standard InChI is InChI=1S/C12H14FNO/c1-3-8(2)6-12(15)9-4-5-11(14)10(13)7-9/h4-5,7H,2-3,6,14H2,1H3. The number of anilines is 1. The SMILES string of the molecule is C=C(CC)CC(=O)c1ccc(N)c(F)c1. The van der Waals surface area contributed by atoms with Gasteiger partial charge in [-0.2, -0.15) is 0 Å². The summed E-state index contributed by atoms with van der Waals surface area (Å²) < 4.78 is 13.1. The molecule has 1 rings (SSSR count). The molecule has 15 heavy (non-hydrogen) atoms. The highest BCUT2D eigenvalue weighted by Gasteiger charge is 2.09. The Morgan fingerprint density at radius 2 is 2.20 bits per heavy atom. The Balaban J connectivity index is 2.83. The number of nitrogens with two attached hydrogens (primary N) is 1. The summed E-state index contributed by atoms with van der Waals surface area (Å²) in [5.41, 5.74) is 6.56. The summed E-state index contributed by atoms with van der Waals surface area (Å²) in [6, 6.07) is 4.10. The lowest BCUT2D eigenvalue weighted by molar-refractivity contribution is 0.0992. The van der Waals surface area contributed by atoms with Gasteiger partial charge in [-0.3, -0.25) is 4.79 Å². The molecule has 0 aromatic heterocycles. The maximum absolute atomic E-state index is 13.1. The fourth-order valence-corrected chi connectivity index (χ4v) is 1.15. The Labute approximate surface area is 88.6 Å². The van der Waals surface area contributed by atoms with Crippen molar-refractivity contribution in [3.8, 4) is 0 Å². The highest BCUT2D eigenvalue weighted by Crippen LogP contribution is 2.15. The first-order valence-electron chi connectivity index (χ1n) is 4.79. The molecular weight excluding hydrogens is 193 g/mol. The second-order valence-corrected chi connectivity index (χ2v) is 3.44. The molecule has 2 nitrogen and oxygen atoms in total. The monoisotopic (exact) mass is 207 g/mol. The van der Waals surface area contributed by atoms with Gasteiger partial charge in [-0.25, -0.2) is 4.39 Å². The lowest BCUT2D eigenvalue weighted by Crippen LogP contribution is -2.02. The molecule has 0 aliphatic heterocycles. The van der Waals surface area contributed by atoms with E-state index in [4.69, 9.17) is 5.73 Å². The minimum atomic E-state index is -0.553. The van der Waals surface area contributed by atoms with Gasteiger partial charge in [0.15, 0.2) is 5.78 Å². The van der Waals surface area contributed by atoms with Crippen LogP contribution in [0.5, 0.6) is 0 Å². The zero-order chi connectivity index (χ0) is 11.4. The zero-order valence-electron chi connectivity index (χ0n) is 8.72. The Morgan fingerprint density at radius 3 is 2.73 bits per heavy atom. The average Bonchev–Trinajstić information content (AvgIpc) is 2.21. The fourth-order valence-electron chi connectivity index (χ4n) is 1.15. The van der Waals surface area contributed by atoms with Crippen molar-refractivity contribution in [3.63, 3.8) is 0 Å². The second-order valence-electron chi connectivity index (χ2n) is 3.44. The molecule has 3 heteroatoms. The number of carbonyl (C=O) groups excluding carboxylic acids is 1. The van der Waals surface area contributed by atoms with Crippen molar-refractivity contribution in [1.29, 1.82) is 0 Å². The highest BCUT2D eigenvalue weighted by molar-refractivity contribution is 5.97. The van der Waals surface area contributed by atoms with E-state index in [0.29, 0.717) is 5.56 Å². The minimum absolute atomic E-state index is 0.0564. The first kappa shape index (κ1) is 11.4. The molecule has 0 bridgehead atoms. The Kier molecular flexibility index (Phi) is 3.61. The third-order valence-electron chi connectivity index (χ3n) is 2.23. The number of allylic oxidation sites excluding steroid dienone is 1. The molecule has 0 saturated carbocycles. The predicted molar refractivity (Wildman–Crippen MR) is 59.2 cm³/mol. The van der Waals surface area contributed by atoms with Gasteiger partial charge < -0.3 is 5.73 Å². The van der Waals surface area contributed by atoms with Gasteiger partial charge in [-0.1, -0.05) is 19.1 Å². The number of halogens is 1. The molecule has 0 aliphatic carbocycles. The van der Waals surface area contributed by atoms with E-state index in [1.165, 1.54) is 18.2 Å². The van der Waals surface area contributed by atoms with Crippen molar-refractivity contribution in [2.75, 3.05) is 5.73 Å². The van der Waals surface area contributed by atoms with E-state index in [2.05, 4.69) is 6.58 Å². The van der Waals surface area contributed by atoms with Gasteiger partial charge in [0.1, 0.15) is 5.82 Å². The number of rotatable bonds is 4. The van der Waals surface area contributed by atoms with Crippen LogP contribution in [0, 0.1) is 5.82 Å². The Hall–Kier alpha value is -1.64. The van der Waals surface area contributed by atoms with Crippen molar-refractivity contribution < 1.29 is 9.18 Å². The molecule has 0 fully saturated rings. The van der Waals surface area contributed by atoms with E-state index in [1.807, 2.05) is 6.92 Å². The molecule has 0 aliphatic rings. The third-order valence-corrected chi connectivity index (χ3v) is 2.23. The average molecular weight is 207 g/mol. The quantitative estimate of drug-likeness (QED) is 0.468. The molecule has 0 amide bonds. The van der Waals surface area contributed by atoms with E-state index in [9.17, 15) is 9.18 Å². The number of nitrogen functional groups attached to an aromatic ring is 1. The van der Waals surface area contributed by atoms with Crippen molar-refractivity contribution >= 4 is 11.5 Å². The number of Topliss-reactive ketones (excluding diaryl/α,β-unsaturated/α-hetero) is 1. The lowest BCUT2D eigenvalue weighted by Gasteiger charge is -2.03. The number of ketones is 1. The van der Waals surface area contributed by atoms with Crippen LogP contribution in [0.25, 0.3) is 0 Å². The van der Waals surface area contributed by atoms with E-state index in [-0.39, 0.29) is 17.9 Å². The number of carbonyl (C=O) groups is 1. The molecule has 1 aromatic carbocycles.